The van der Waals surface area contributed by atoms with Crippen molar-refractivity contribution in [3.8, 4) is 0 Å². The van der Waals surface area contributed by atoms with Gasteiger partial charge in [0.2, 0.25) is 0 Å². The maximum absolute atomic E-state index is 12.1. The van der Waals surface area contributed by atoms with Gasteiger partial charge in [-0.2, -0.15) is 0 Å². The SMILES string of the molecule is COC(=O)[C@@H]1[C@H]2C=C[C@@H]([C@H]3C=C(C)[C@@H]32)[C@@H]1C(=O)OC. The van der Waals surface area contributed by atoms with Crippen LogP contribution in [-0.2, 0) is 19.1 Å². The maximum Gasteiger partial charge on any atom is 0.310 e. The van der Waals surface area contributed by atoms with Crippen molar-refractivity contribution in [2.75, 3.05) is 14.2 Å². The van der Waals surface area contributed by atoms with Gasteiger partial charge in [-0.1, -0.05) is 23.8 Å². The summed E-state index contributed by atoms with van der Waals surface area (Å²) in [5, 5.41) is 0. The Morgan fingerprint density at radius 1 is 0.947 bits per heavy atom. The minimum Gasteiger partial charge on any atom is -0.469 e. The lowest BCUT2D eigenvalue weighted by atomic mass is 9.47. The lowest BCUT2D eigenvalue weighted by molar-refractivity contribution is -0.168. The quantitative estimate of drug-likeness (QED) is 0.560. The molecular formula is C15H18O4. The molecule has 0 radical (unpaired) electrons. The highest BCUT2D eigenvalue weighted by molar-refractivity contribution is 5.84. The summed E-state index contributed by atoms with van der Waals surface area (Å²) in [6.45, 7) is 2.09. The number of rotatable bonds is 2. The molecule has 1 fully saturated rings. The first-order chi connectivity index (χ1) is 9.10. The smallest absolute Gasteiger partial charge is 0.310 e. The largest absolute Gasteiger partial charge is 0.469 e. The van der Waals surface area contributed by atoms with Gasteiger partial charge in [0.25, 0.3) is 0 Å². The summed E-state index contributed by atoms with van der Waals surface area (Å²) >= 11 is 0. The molecule has 0 spiro atoms. The van der Waals surface area contributed by atoms with Gasteiger partial charge < -0.3 is 9.47 Å². The number of carbonyl (C=O) groups excluding carboxylic acids is 2. The Morgan fingerprint density at radius 3 is 2.00 bits per heavy atom. The molecular weight excluding hydrogens is 244 g/mol. The monoisotopic (exact) mass is 262 g/mol. The van der Waals surface area contributed by atoms with Gasteiger partial charge in [-0.05, 0) is 30.6 Å². The Balaban J connectivity index is 2.01. The number of methoxy groups -OCH3 is 2. The number of hydrogen-bond acceptors (Lipinski definition) is 4. The number of esters is 2. The first kappa shape index (κ1) is 12.5. The topological polar surface area (TPSA) is 52.6 Å². The van der Waals surface area contributed by atoms with Crippen LogP contribution in [0.2, 0.25) is 0 Å². The molecule has 0 aromatic carbocycles. The van der Waals surface area contributed by atoms with Crippen molar-refractivity contribution in [1.29, 1.82) is 0 Å². The van der Waals surface area contributed by atoms with E-state index in [2.05, 4.69) is 25.2 Å². The number of allylic oxidation sites excluding steroid dienone is 4. The van der Waals surface area contributed by atoms with Gasteiger partial charge >= 0.3 is 11.9 Å². The fourth-order valence-corrected chi connectivity index (χ4v) is 4.18. The van der Waals surface area contributed by atoms with E-state index in [0.717, 1.165) is 0 Å². The molecule has 0 aliphatic heterocycles. The van der Waals surface area contributed by atoms with Crippen molar-refractivity contribution in [3.05, 3.63) is 23.8 Å². The highest BCUT2D eigenvalue weighted by Crippen LogP contribution is 2.59. The minimum atomic E-state index is -0.405. The van der Waals surface area contributed by atoms with Gasteiger partial charge in [-0.3, -0.25) is 9.59 Å². The van der Waals surface area contributed by atoms with Crippen molar-refractivity contribution in [2.45, 2.75) is 6.92 Å². The van der Waals surface area contributed by atoms with Gasteiger partial charge in [0.05, 0.1) is 26.1 Å². The van der Waals surface area contributed by atoms with Crippen molar-refractivity contribution < 1.29 is 19.1 Å². The van der Waals surface area contributed by atoms with Crippen LogP contribution in [0, 0.1) is 35.5 Å². The summed E-state index contributed by atoms with van der Waals surface area (Å²) in [5.74, 6) is -0.513. The van der Waals surface area contributed by atoms with E-state index in [0.29, 0.717) is 11.8 Å². The fourth-order valence-electron chi connectivity index (χ4n) is 4.18. The lowest BCUT2D eigenvalue weighted by Crippen LogP contribution is -2.56. The molecule has 0 saturated heterocycles. The third-order valence-electron chi connectivity index (χ3n) is 4.97. The Morgan fingerprint density at radius 2 is 1.47 bits per heavy atom. The van der Waals surface area contributed by atoms with Gasteiger partial charge in [0, 0.05) is 0 Å². The van der Waals surface area contributed by atoms with Crippen LogP contribution < -0.4 is 0 Å². The highest BCUT2D eigenvalue weighted by Gasteiger charge is 2.59. The second-order valence-corrected chi connectivity index (χ2v) is 5.65. The van der Waals surface area contributed by atoms with E-state index < -0.39 is 11.8 Å². The summed E-state index contributed by atoms with van der Waals surface area (Å²) in [6, 6.07) is 0. The molecule has 4 rings (SSSR count). The normalized spacial score (nSPS) is 41.9. The molecule has 0 aromatic rings. The average Bonchev–Trinajstić information content (AvgIpc) is 2.42. The molecule has 0 aromatic heterocycles. The molecule has 1 saturated carbocycles. The summed E-state index contributed by atoms with van der Waals surface area (Å²) < 4.78 is 9.81. The van der Waals surface area contributed by atoms with E-state index in [1.807, 2.05) is 0 Å². The fraction of sp³-hybridized carbons (Fsp3) is 0.600. The van der Waals surface area contributed by atoms with E-state index >= 15 is 0 Å². The van der Waals surface area contributed by atoms with Crippen LogP contribution in [-0.4, -0.2) is 26.2 Å². The summed E-state index contributed by atoms with van der Waals surface area (Å²) in [6.07, 6.45) is 6.38. The Bertz CT molecular complexity index is 490. The van der Waals surface area contributed by atoms with Crippen molar-refractivity contribution in [2.24, 2.45) is 35.5 Å². The first-order valence-corrected chi connectivity index (χ1v) is 6.62. The van der Waals surface area contributed by atoms with Gasteiger partial charge in [0.15, 0.2) is 0 Å². The molecule has 2 bridgehead atoms. The molecule has 0 amide bonds. The van der Waals surface area contributed by atoms with Crippen LogP contribution in [0.25, 0.3) is 0 Å². The molecule has 0 N–H and O–H groups in total. The second-order valence-electron chi connectivity index (χ2n) is 5.65. The zero-order valence-electron chi connectivity index (χ0n) is 11.3. The molecule has 6 atom stereocenters. The van der Waals surface area contributed by atoms with E-state index in [-0.39, 0.29) is 23.8 Å². The van der Waals surface area contributed by atoms with Crippen molar-refractivity contribution in [1.82, 2.24) is 0 Å². The first-order valence-electron chi connectivity index (χ1n) is 6.62. The van der Waals surface area contributed by atoms with Crippen LogP contribution in [0.5, 0.6) is 0 Å². The number of carbonyl (C=O) groups is 2. The molecule has 4 heteroatoms. The zero-order valence-corrected chi connectivity index (χ0v) is 11.3. The molecule has 0 unspecified atom stereocenters. The van der Waals surface area contributed by atoms with Crippen molar-refractivity contribution >= 4 is 11.9 Å². The van der Waals surface area contributed by atoms with Gasteiger partial charge in [-0.15, -0.1) is 0 Å². The Kier molecular flexibility index (Phi) is 2.77. The number of ether oxygens (including phenoxy) is 2. The predicted octanol–water partition coefficient (Wildman–Crippen LogP) is 1.57. The van der Waals surface area contributed by atoms with Crippen LogP contribution in [0.1, 0.15) is 6.92 Å². The minimum absolute atomic E-state index is 0.0650. The Labute approximate surface area is 112 Å². The third kappa shape index (κ3) is 1.52. The van der Waals surface area contributed by atoms with Gasteiger partial charge in [0.1, 0.15) is 0 Å². The summed E-state index contributed by atoms with van der Waals surface area (Å²) in [5.41, 5.74) is 1.32. The van der Waals surface area contributed by atoms with Crippen molar-refractivity contribution in [3.63, 3.8) is 0 Å². The standard InChI is InChI=1S/C15H18O4/c1-7-6-10-8-4-5-9(11(7)10)13(15(17)19-3)12(8)14(16)18-2/h4-6,8-13H,1-3H3/t8-,9-,10+,11+,12-,13+/m0/s1. The molecule has 4 nitrogen and oxygen atoms in total. The van der Waals surface area contributed by atoms with Crippen LogP contribution >= 0.6 is 0 Å². The molecule has 19 heavy (non-hydrogen) atoms. The van der Waals surface area contributed by atoms with E-state index in [4.69, 9.17) is 9.47 Å². The predicted molar refractivity (Wildman–Crippen MR) is 67.9 cm³/mol. The molecule has 4 aliphatic rings. The van der Waals surface area contributed by atoms with Crippen LogP contribution in [0.4, 0.5) is 0 Å². The summed E-state index contributed by atoms with van der Waals surface area (Å²) in [4.78, 5) is 24.1. The number of fused-ring (bicyclic) bond motifs is 1. The lowest BCUT2D eigenvalue weighted by Gasteiger charge is -2.55. The average molecular weight is 262 g/mol. The number of hydrogen-bond donors (Lipinski definition) is 0. The van der Waals surface area contributed by atoms with E-state index in [9.17, 15) is 9.59 Å². The van der Waals surface area contributed by atoms with Gasteiger partial charge in [-0.25, -0.2) is 0 Å². The molecule has 102 valence electrons. The highest BCUT2D eigenvalue weighted by atomic mass is 16.5. The van der Waals surface area contributed by atoms with E-state index in [1.54, 1.807) is 0 Å². The third-order valence-corrected chi connectivity index (χ3v) is 4.97. The maximum atomic E-state index is 12.1. The molecule has 4 aliphatic carbocycles. The van der Waals surface area contributed by atoms with Crippen LogP contribution in [0.3, 0.4) is 0 Å². The van der Waals surface area contributed by atoms with Crippen LogP contribution in [0.15, 0.2) is 23.8 Å². The Hall–Kier alpha value is -1.58. The summed E-state index contributed by atoms with van der Waals surface area (Å²) in [7, 11) is 2.76. The molecule has 0 heterocycles. The second kappa shape index (κ2) is 4.22. The van der Waals surface area contributed by atoms with E-state index in [1.165, 1.54) is 19.8 Å². The zero-order chi connectivity index (χ0) is 13.7.